The van der Waals surface area contributed by atoms with Crippen LogP contribution in [-0.4, -0.2) is 15.9 Å². The smallest absolute Gasteiger partial charge is 0.275 e. The number of aryl methyl sites for hydroxylation is 1. The Morgan fingerprint density at radius 1 is 1.42 bits per heavy atom. The van der Waals surface area contributed by atoms with E-state index in [-0.39, 0.29) is 11.5 Å². The third-order valence-electron chi connectivity index (χ3n) is 2.52. The van der Waals surface area contributed by atoms with E-state index in [4.69, 9.17) is 11.0 Å². The Morgan fingerprint density at radius 2 is 2.21 bits per heavy atom. The Bertz CT molecular complexity index is 675. The van der Waals surface area contributed by atoms with Crippen molar-refractivity contribution in [2.45, 2.75) is 6.92 Å². The van der Waals surface area contributed by atoms with E-state index in [2.05, 4.69) is 21.4 Å². The summed E-state index contributed by atoms with van der Waals surface area (Å²) in [6, 6.07) is 7.27. The lowest BCUT2D eigenvalue weighted by Crippen LogP contribution is -2.15. The molecule has 94 valence electrons. The molecule has 0 saturated carbocycles. The summed E-state index contributed by atoms with van der Waals surface area (Å²) in [5.74, 6) is -0.292. The zero-order valence-corrected chi connectivity index (χ0v) is 10.2. The van der Waals surface area contributed by atoms with Crippen LogP contribution in [-0.2, 0) is 0 Å². The number of rotatable bonds is 2. The number of hydrogen-bond acceptors (Lipinski definition) is 5. The van der Waals surface area contributed by atoms with Gasteiger partial charge in [-0.3, -0.25) is 9.78 Å². The van der Waals surface area contributed by atoms with Crippen LogP contribution in [0, 0.1) is 18.3 Å². The lowest BCUT2D eigenvalue weighted by atomic mass is 10.1. The minimum Gasteiger partial charge on any atom is -0.382 e. The summed E-state index contributed by atoms with van der Waals surface area (Å²) < 4.78 is 0. The highest BCUT2D eigenvalue weighted by Crippen LogP contribution is 2.18. The molecule has 0 bridgehead atoms. The van der Waals surface area contributed by atoms with Crippen molar-refractivity contribution in [1.29, 1.82) is 5.26 Å². The van der Waals surface area contributed by atoms with Gasteiger partial charge in [0.25, 0.3) is 5.91 Å². The molecule has 0 aliphatic rings. The number of nitrogens with two attached hydrogens (primary N) is 1. The number of carbonyl (C=O) groups excluding carboxylic acids is 1. The molecule has 0 unspecified atom stereocenters. The Labute approximate surface area is 109 Å². The van der Waals surface area contributed by atoms with Crippen LogP contribution in [0.1, 0.15) is 21.6 Å². The molecule has 0 spiro atoms. The predicted molar refractivity (Wildman–Crippen MR) is 70.3 cm³/mol. The van der Waals surface area contributed by atoms with Gasteiger partial charge >= 0.3 is 0 Å². The topological polar surface area (TPSA) is 105 Å². The van der Waals surface area contributed by atoms with Crippen LogP contribution >= 0.6 is 0 Å². The van der Waals surface area contributed by atoms with Gasteiger partial charge in [-0.2, -0.15) is 5.26 Å². The molecule has 6 heteroatoms. The van der Waals surface area contributed by atoms with Gasteiger partial charge in [0.05, 0.1) is 23.6 Å². The van der Waals surface area contributed by atoms with Gasteiger partial charge < -0.3 is 11.1 Å². The Kier molecular flexibility index (Phi) is 3.39. The van der Waals surface area contributed by atoms with E-state index < -0.39 is 5.91 Å². The SMILES string of the molecule is Cc1cccc(NC(=O)c2cncc(N)n2)c1C#N. The summed E-state index contributed by atoms with van der Waals surface area (Å²) in [5.41, 5.74) is 7.22. The summed E-state index contributed by atoms with van der Waals surface area (Å²) in [6.07, 6.45) is 2.66. The van der Waals surface area contributed by atoms with Gasteiger partial charge in [-0.05, 0) is 18.6 Å². The lowest BCUT2D eigenvalue weighted by Gasteiger charge is -2.08. The number of hydrogen-bond donors (Lipinski definition) is 2. The largest absolute Gasteiger partial charge is 0.382 e. The van der Waals surface area contributed by atoms with E-state index in [1.807, 2.05) is 0 Å². The second-order valence-electron chi connectivity index (χ2n) is 3.89. The zero-order chi connectivity index (χ0) is 13.8. The summed E-state index contributed by atoms with van der Waals surface area (Å²) in [6.45, 7) is 1.80. The van der Waals surface area contributed by atoms with Crippen molar-refractivity contribution in [3.63, 3.8) is 0 Å². The molecule has 2 aromatic rings. The third-order valence-corrected chi connectivity index (χ3v) is 2.52. The summed E-state index contributed by atoms with van der Waals surface area (Å²) in [5, 5.41) is 11.7. The molecule has 6 nitrogen and oxygen atoms in total. The Morgan fingerprint density at radius 3 is 2.89 bits per heavy atom. The number of amides is 1. The van der Waals surface area contributed by atoms with E-state index in [9.17, 15) is 4.79 Å². The highest BCUT2D eigenvalue weighted by Gasteiger charge is 2.12. The fourth-order valence-electron chi connectivity index (χ4n) is 1.60. The number of benzene rings is 1. The zero-order valence-electron chi connectivity index (χ0n) is 10.2. The molecule has 3 N–H and O–H groups in total. The fraction of sp³-hybridized carbons (Fsp3) is 0.0769. The number of aromatic nitrogens is 2. The standard InChI is InChI=1S/C13H11N5O/c1-8-3-2-4-10(9(8)5-14)18-13(19)11-6-16-7-12(15)17-11/h2-4,6-7H,1H3,(H2,15,17)(H,18,19). The van der Waals surface area contributed by atoms with Crippen LogP contribution in [0.3, 0.4) is 0 Å². The Hall–Kier alpha value is -2.94. The van der Waals surface area contributed by atoms with Crippen molar-refractivity contribution in [1.82, 2.24) is 9.97 Å². The van der Waals surface area contributed by atoms with Gasteiger partial charge in [-0.25, -0.2) is 4.98 Å². The van der Waals surface area contributed by atoms with Crippen LogP contribution in [0.4, 0.5) is 11.5 Å². The molecule has 0 saturated heterocycles. The van der Waals surface area contributed by atoms with Crippen LogP contribution in [0.15, 0.2) is 30.6 Å². The number of nitrogens with one attached hydrogen (secondary N) is 1. The average Bonchev–Trinajstić information content (AvgIpc) is 2.39. The van der Waals surface area contributed by atoms with Crippen molar-refractivity contribution in [2.75, 3.05) is 11.1 Å². The quantitative estimate of drug-likeness (QED) is 0.843. The van der Waals surface area contributed by atoms with Gasteiger partial charge in [0.2, 0.25) is 0 Å². The normalized spacial score (nSPS) is 9.68. The molecule has 0 radical (unpaired) electrons. The number of nitrogens with zero attached hydrogens (tertiary/aromatic N) is 3. The van der Waals surface area contributed by atoms with E-state index in [1.54, 1.807) is 25.1 Å². The lowest BCUT2D eigenvalue weighted by molar-refractivity contribution is 0.102. The second-order valence-corrected chi connectivity index (χ2v) is 3.89. The van der Waals surface area contributed by atoms with Crippen LogP contribution < -0.4 is 11.1 Å². The van der Waals surface area contributed by atoms with Gasteiger partial charge in [-0.15, -0.1) is 0 Å². The number of anilines is 2. The molecule has 1 amide bonds. The maximum atomic E-state index is 12.0. The molecular weight excluding hydrogens is 242 g/mol. The van der Waals surface area contributed by atoms with E-state index >= 15 is 0 Å². The van der Waals surface area contributed by atoms with Gasteiger partial charge in [0.15, 0.2) is 0 Å². The highest BCUT2D eigenvalue weighted by molar-refractivity contribution is 6.03. The predicted octanol–water partition coefficient (Wildman–Crippen LogP) is 1.49. The Balaban J connectivity index is 2.30. The van der Waals surface area contributed by atoms with Crippen molar-refractivity contribution < 1.29 is 4.79 Å². The maximum absolute atomic E-state index is 12.0. The molecule has 1 heterocycles. The molecular formula is C13H11N5O. The first kappa shape index (κ1) is 12.5. The van der Waals surface area contributed by atoms with Crippen molar-refractivity contribution in [3.8, 4) is 6.07 Å². The number of nitrogen functional groups attached to an aromatic ring is 1. The average molecular weight is 253 g/mol. The van der Waals surface area contributed by atoms with Crippen LogP contribution in [0.2, 0.25) is 0 Å². The van der Waals surface area contributed by atoms with Crippen molar-refractivity contribution in [3.05, 3.63) is 47.4 Å². The van der Waals surface area contributed by atoms with Gasteiger partial charge in [0, 0.05) is 0 Å². The first-order chi connectivity index (χ1) is 9.11. The van der Waals surface area contributed by atoms with E-state index in [0.717, 1.165) is 5.56 Å². The second kappa shape index (κ2) is 5.14. The molecule has 1 aromatic carbocycles. The summed E-state index contributed by atoms with van der Waals surface area (Å²) in [4.78, 5) is 19.6. The van der Waals surface area contributed by atoms with E-state index in [0.29, 0.717) is 11.3 Å². The summed E-state index contributed by atoms with van der Waals surface area (Å²) in [7, 11) is 0. The third kappa shape index (κ3) is 2.66. The highest BCUT2D eigenvalue weighted by atomic mass is 16.1. The molecule has 0 fully saturated rings. The fourth-order valence-corrected chi connectivity index (χ4v) is 1.60. The summed E-state index contributed by atoms with van der Waals surface area (Å²) >= 11 is 0. The maximum Gasteiger partial charge on any atom is 0.275 e. The number of nitriles is 1. The molecule has 0 aliphatic carbocycles. The molecule has 1 aromatic heterocycles. The van der Waals surface area contributed by atoms with Crippen molar-refractivity contribution in [2.24, 2.45) is 0 Å². The van der Waals surface area contributed by atoms with Crippen LogP contribution in [0.5, 0.6) is 0 Å². The van der Waals surface area contributed by atoms with Gasteiger partial charge in [-0.1, -0.05) is 12.1 Å². The molecule has 2 rings (SSSR count). The molecule has 0 atom stereocenters. The monoisotopic (exact) mass is 253 g/mol. The van der Waals surface area contributed by atoms with Crippen LogP contribution in [0.25, 0.3) is 0 Å². The molecule has 0 aliphatic heterocycles. The van der Waals surface area contributed by atoms with E-state index in [1.165, 1.54) is 12.4 Å². The minimum atomic E-state index is -0.457. The number of carbonyl (C=O) groups is 1. The van der Waals surface area contributed by atoms with Crippen molar-refractivity contribution >= 4 is 17.4 Å². The molecule has 19 heavy (non-hydrogen) atoms. The van der Waals surface area contributed by atoms with Gasteiger partial charge in [0.1, 0.15) is 17.6 Å². The first-order valence-corrected chi connectivity index (χ1v) is 5.50. The first-order valence-electron chi connectivity index (χ1n) is 5.50. The minimum absolute atomic E-state index is 0.102.